The van der Waals surface area contributed by atoms with Gasteiger partial charge in [-0.05, 0) is 30.2 Å². The first-order chi connectivity index (χ1) is 10.7. The van der Waals surface area contributed by atoms with Crippen LogP contribution in [0.3, 0.4) is 0 Å². The summed E-state index contributed by atoms with van der Waals surface area (Å²) in [5, 5.41) is 5.77. The van der Waals surface area contributed by atoms with E-state index in [0.717, 1.165) is 22.5 Å². The highest BCUT2D eigenvalue weighted by Crippen LogP contribution is 2.32. The van der Waals surface area contributed by atoms with E-state index in [4.69, 9.17) is 0 Å². The van der Waals surface area contributed by atoms with Crippen LogP contribution in [0.5, 0.6) is 0 Å². The van der Waals surface area contributed by atoms with E-state index in [-0.39, 0.29) is 18.2 Å². The Bertz CT molecular complexity index is 708. The summed E-state index contributed by atoms with van der Waals surface area (Å²) in [6.45, 7) is 2.63. The van der Waals surface area contributed by atoms with E-state index in [1.54, 1.807) is 11.3 Å². The minimum Gasteiger partial charge on any atom is -0.351 e. The molecule has 2 aromatic rings. The van der Waals surface area contributed by atoms with Crippen LogP contribution in [-0.4, -0.2) is 11.8 Å². The number of benzene rings is 1. The fraction of sp³-hybridized carbons (Fsp3) is 0.294. The number of thiophene rings is 1. The molecule has 0 aliphatic carbocycles. The molecule has 3 rings (SSSR count). The van der Waals surface area contributed by atoms with E-state index in [9.17, 15) is 9.59 Å². The predicted octanol–water partition coefficient (Wildman–Crippen LogP) is 3.05. The number of aryl methyl sites for hydroxylation is 1. The number of fused-ring (bicyclic) bond motifs is 1. The van der Waals surface area contributed by atoms with Gasteiger partial charge in [-0.2, -0.15) is 0 Å². The van der Waals surface area contributed by atoms with Crippen molar-refractivity contribution in [1.29, 1.82) is 0 Å². The molecule has 0 radical (unpaired) electrons. The Hall–Kier alpha value is -2.14. The molecule has 2 heterocycles. The van der Waals surface area contributed by atoms with E-state index < -0.39 is 5.92 Å². The molecule has 114 valence electrons. The molecule has 22 heavy (non-hydrogen) atoms. The van der Waals surface area contributed by atoms with Crippen molar-refractivity contribution in [2.24, 2.45) is 0 Å². The SMILES string of the molecule is CCc1ccc(CNC(=O)[C@H]2CC(=O)Nc3ccccc32)s1. The first-order valence-electron chi connectivity index (χ1n) is 7.41. The number of rotatable bonds is 4. The summed E-state index contributed by atoms with van der Waals surface area (Å²) in [7, 11) is 0. The zero-order valence-electron chi connectivity index (χ0n) is 12.4. The number of anilines is 1. The zero-order chi connectivity index (χ0) is 15.5. The van der Waals surface area contributed by atoms with Gasteiger partial charge in [-0.1, -0.05) is 25.1 Å². The van der Waals surface area contributed by atoms with Gasteiger partial charge in [-0.15, -0.1) is 11.3 Å². The maximum atomic E-state index is 12.5. The van der Waals surface area contributed by atoms with E-state index in [0.29, 0.717) is 6.54 Å². The van der Waals surface area contributed by atoms with Gasteiger partial charge in [0.25, 0.3) is 0 Å². The van der Waals surface area contributed by atoms with Gasteiger partial charge >= 0.3 is 0 Å². The second-order valence-corrected chi connectivity index (χ2v) is 6.58. The molecular weight excluding hydrogens is 296 g/mol. The largest absolute Gasteiger partial charge is 0.351 e. The van der Waals surface area contributed by atoms with Crippen LogP contribution in [0.4, 0.5) is 5.69 Å². The maximum absolute atomic E-state index is 12.5. The fourth-order valence-electron chi connectivity index (χ4n) is 2.65. The molecule has 1 aliphatic heterocycles. The topological polar surface area (TPSA) is 58.2 Å². The van der Waals surface area contributed by atoms with Crippen LogP contribution in [-0.2, 0) is 22.6 Å². The van der Waals surface area contributed by atoms with Crippen molar-refractivity contribution >= 4 is 28.8 Å². The maximum Gasteiger partial charge on any atom is 0.228 e. The Labute approximate surface area is 133 Å². The van der Waals surface area contributed by atoms with Crippen LogP contribution in [0.1, 0.15) is 34.6 Å². The van der Waals surface area contributed by atoms with Gasteiger partial charge in [-0.25, -0.2) is 0 Å². The lowest BCUT2D eigenvalue weighted by Gasteiger charge is -2.24. The summed E-state index contributed by atoms with van der Waals surface area (Å²) in [6.07, 6.45) is 1.21. The summed E-state index contributed by atoms with van der Waals surface area (Å²) in [6, 6.07) is 11.6. The predicted molar refractivity (Wildman–Crippen MR) is 88.0 cm³/mol. The molecule has 1 aromatic heterocycles. The second kappa shape index (κ2) is 6.32. The zero-order valence-corrected chi connectivity index (χ0v) is 13.2. The van der Waals surface area contributed by atoms with Gasteiger partial charge in [0.2, 0.25) is 11.8 Å². The summed E-state index contributed by atoms with van der Waals surface area (Å²) in [5.74, 6) is -0.604. The van der Waals surface area contributed by atoms with Crippen LogP contribution in [0.25, 0.3) is 0 Å². The molecule has 0 spiro atoms. The normalized spacial score (nSPS) is 16.8. The van der Waals surface area contributed by atoms with Gasteiger partial charge in [0.1, 0.15) is 0 Å². The van der Waals surface area contributed by atoms with Crippen LogP contribution in [0.2, 0.25) is 0 Å². The molecule has 1 aromatic carbocycles. The number of hydrogen-bond donors (Lipinski definition) is 2. The van der Waals surface area contributed by atoms with Gasteiger partial charge in [0, 0.05) is 21.9 Å². The average molecular weight is 314 g/mol. The fourth-order valence-corrected chi connectivity index (χ4v) is 3.55. The molecule has 1 aliphatic rings. The smallest absolute Gasteiger partial charge is 0.228 e. The second-order valence-electron chi connectivity index (χ2n) is 5.33. The van der Waals surface area contributed by atoms with Crippen LogP contribution in [0, 0.1) is 0 Å². The molecule has 2 N–H and O–H groups in total. The number of carbonyl (C=O) groups is 2. The van der Waals surface area contributed by atoms with Crippen molar-refractivity contribution in [2.75, 3.05) is 5.32 Å². The number of amides is 2. The molecule has 0 fully saturated rings. The summed E-state index contributed by atoms with van der Waals surface area (Å²) in [5.41, 5.74) is 1.63. The third-order valence-corrected chi connectivity index (χ3v) is 5.05. The van der Waals surface area contributed by atoms with Gasteiger partial charge in [0.05, 0.1) is 12.5 Å². The molecule has 1 atom stereocenters. The number of nitrogens with one attached hydrogen (secondary N) is 2. The Morgan fingerprint density at radius 2 is 2.05 bits per heavy atom. The summed E-state index contributed by atoms with van der Waals surface area (Å²) in [4.78, 5) is 26.7. The Morgan fingerprint density at radius 1 is 1.27 bits per heavy atom. The molecule has 4 nitrogen and oxygen atoms in total. The van der Waals surface area contributed by atoms with Crippen molar-refractivity contribution in [3.8, 4) is 0 Å². The monoisotopic (exact) mass is 314 g/mol. The Morgan fingerprint density at radius 3 is 2.82 bits per heavy atom. The third kappa shape index (κ3) is 3.04. The number of carbonyl (C=O) groups excluding carboxylic acids is 2. The molecule has 2 amide bonds. The Kier molecular flexibility index (Phi) is 4.24. The van der Waals surface area contributed by atoms with E-state index >= 15 is 0 Å². The molecule has 5 heteroatoms. The van der Waals surface area contributed by atoms with E-state index in [1.165, 1.54) is 4.88 Å². The molecule has 0 saturated carbocycles. The number of hydrogen-bond acceptors (Lipinski definition) is 3. The number of para-hydroxylation sites is 1. The van der Waals surface area contributed by atoms with Crippen molar-refractivity contribution in [1.82, 2.24) is 5.32 Å². The summed E-state index contributed by atoms with van der Waals surface area (Å²) >= 11 is 1.71. The van der Waals surface area contributed by atoms with Crippen LogP contribution in [0.15, 0.2) is 36.4 Å². The quantitative estimate of drug-likeness (QED) is 0.911. The molecule has 0 unspecified atom stereocenters. The Balaban J connectivity index is 1.71. The highest BCUT2D eigenvalue weighted by atomic mass is 32.1. The van der Waals surface area contributed by atoms with Crippen LogP contribution >= 0.6 is 11.3 Å². The van der Waals surface area contributed by atoms with Gasteiger partial charge < -0.3 is 10.6 Å². The van der Waals surface area contributed by atoms with E-state index in [1.807, 2.05) is 30.3 Å². The minimum absolute atomic E-state index is 0.0891. The highest BCUT2D eigenvalue weighted by Gasteiger charge is 2.30. The first kappa shape index (κ1) is 14.8. The lowest BCUT2D eigenvalue weighted by molar-refractivity contribution is -0.126. The lowest BCUT2D eigenvalue weighted by atomic mass is 9.90. The van der Waals surface area contributed by atoms with Crippen molar-refractivity contribution in [2.45, 2.75) is 32.2 Å². The minimum atomic E-state index is -0.407. The average Bonchev–Trinajstić information content (AvgIpc) is 2.99. The molecule has 0 bridgehead atoms. The van der Waals surface area contributed by atoms with Crippen molar-refractivity contribution < 1.29 is 9.59 Å². The standard InChI is InChI=1S/C17H18N2O2S/c1-2-11-7-8-12(22-11)10-18-17(21)14-9-16(20)19-15-6-4-3-5-13(14)15/h3-8,14H,2,9-10H2,1H3,(H,18,21)(H,19,20)/t14-/m0/s1. The third-order valence-electron chi connectivity index (χ3n) is 3.82. The highest BCUT2D eigenvalue weighted by molar-refractivity contribution is 7.11. The molecular formula is C17H18N2O2S. The molecule has 0 saturated heterocycles. The summed E-state index contributed by atoms with van der Waals surface area (Å²) < 4.78 is 0. The first-order valence-corrected chi connectivity index (χ1v) is 8.23. The van der Waals surface area contributed by atoms with Gasteiger partial charge in [-0.3, -0.25) is 9.59 Å². The van der Waals surface area contributed by atoms with Crippen molar-refractivity contribution in [3.63, 3.8) is 0 Å². The van der Waals surface area contributed by atoms with Gasteiger partial charge in [0.15, 0.2) is 0 Å². The van der Waals surface area contributed by atoms with Crippen LogP contribution < -0.4 is 10.6 Å². The lowest BCUT2D eigenvalue weighted by Crippen LogP contribution is -2.34. The van der Waals surface area contributed by atoms with E-state index in [2.05, 4.69) is 23.6 Å². The van der Waals surface area contributed by atoms with Crippen molar-refractivity contribution in [3.05, 3.63) is 51.7 Å².